The van der Waals surface area contributed by atoms with Gasteiger partial charge in [0.25, 0.3) is 0 Å². The molecule has 7 heterocycles. The molecular formula is C95H179N3O44S4. The average molecular weight is 2200 g/mol. The number of thiol groups is 2. The Kier molecular flexibility index (Phi) is 58.4. The molecule has 0 radical (unpaired) electrons. The fourth-order valence-electron chi connectivity index (χ4n) is 23.1. The highest BCUT2D eigenvalue weighted by molar-refractivity contribution is 8.00. The van der Waals surface area contributed by atoms with Gasteiger partial charge in [-0.05, 0) is 20.8 Å². The molecule has 0 amide bonds. The molecule has 0 bridgehead atoms. The predicted molar refractivity (Wildman–Crippen MR) is 534 cm³/mol. The van der Waals surface area contributed by atoms with Gasteiger partial charge in [-0.15, -0.1) is 0 Å². The predicted octanol–water partition coefficient (Wildman–Crippen LogP) is -2.05. The van der Waals surface area contributed by atoms with Crippen LogP contribution in [0.4, 0.5) is 0 Å². The minimum Gasteiger partial charge on any atom is -0.396 e. The summed E-state index contributed by atoms with van der Waals surface area (Å²) < 4.78 is 236. The molecule has 146 heavy (non-hydrogen) atoms. The highest BCUT2D eigenvalue weighted by Crippen LogP contribution is 2.54. The second-order valence-corrected chi connectivity index (χ2v) is 40.7. The Balaban J connectivity index is 0.000000419. The highest BCUT2D eigenvalue weighted by Gasteiger charge is 2.74. The minimum atomic E-state index is -1.71. The van der Waals surface area contributed by atoms with E-state index in [1.54, 1.807) is 121 Å². The lowest BCUT2D eigenvalue weighted by Crippen LogP contribution is -2.77. The van der Waals surface area contributed by atoms with E-state index in [1.807, 2.05) is 20.8 Å². The molecular weight excluding hydrogens is 2020 g/mol. The van der Waals surface area contributed by atoms with Crippen molar-refractivity contribution in [1.29, 1.82) is 0 Å². The molecule has 51 heteroatoms. The summed E-state index contributed by atoms with van der Waals surface area (Å²) >= 11 is 10.8. The fourth-order valence-corrected chi connectivity index (χ4v) is 26.2. The second kappa shape index (κ2) is 65.3. The maximum atomic E-state index is 13.1. The van der Waals surface area contributed by atoms with Gasteiger partial charge in [0.1, 0.15) is 169 Å². The second-order valence-electron chi connectivity index (χ2n) is 37.3. The summed E-state index contributed by atoms with van der Waals surface area (Å²) in [5, 5.41) is 67.7. The van der Waals surface area contributed by atoms with Crippen molar-refractivity contribution in [3.8, 4) is 0 Å². The van der Waals surface area contributed by atoms with Gasteiger partial charge < -0.3 is 226 Å². The van der Waals surface area contributed by atoms with Crippen molar-refractivity contribution < 1.29 is 210 Å². The fraction of sp³-hybridized carbons (Fsp3) is 1.00. The molecule has 3 aliphatic carbocycles. The molecule has 10 aliphatic rings. The molecule has 48 atom stereocenters. The van der Waals surface area contributed by atoms with Gasteiger partial charge in [-0.1, -0.05) is 0 Å². The van der Waals surface area contributed by atoms with Crippen LogP contribution < -0.4 is 16.0 Å². The van der Waals surface area contributed by atoms with E-state index >= 15 is 0 Å². The van der Waals surface area contributed by atoms with Crippen LogP contribution >= 0.6 is 48.8 Å². The normalized spacial score (nSPS) is 43.6. The van der Waals surface area contributed by atoms with E-state index in [4.69, 9.17) is 185 Å². The molecule has 0 spiro atoms. The van der Waals surface area contributed by atoms with E-state index in [1.165, 1.54) is 94.6 Å². The van der Waals surface area contributed by atoms with Crippen LogP contribution in [-0.4, -0.2) is 605 Å². The zero-order valence-electron chi connectivity index (χ0n) is 90.9. The van der Waals surface area contributed by atoms with Crippen molar-refractivity contribution in [2.75, 3.05) is 301 Å². The lowest BCUT2D eigenvalue weighted by Gasteiger charge is -2.56. The number of thioether (sulfide) groups is 2. The summed E-state index contributed by atoms with van der Waals surface area (Å²) in [5.74, 6) is 1.12. The lowest BCUT2D eigenvalue weighted by atomic mass is 9.69. The Hall–Kier alpha value is -0.480. The smallest absolute Gasteiger partial charge is 0.187 e. The van der Waals surface area contributed by atoms with Crippen molar-refractivity contribution in [1.82, 2.24) is 16.0 Å². The van der Waals surface area contributed by atoms with Crippen LogP contribution in [0, 0.1) is 11.8 Å². The van der Waals surface area contributed by atoms with E-state index in [0.717, 1.165) is 24.7 Å². The SMILES string of the molecule is COCC1O[C@@H](OC)C(OC)[C@H](OC)[C@H]1O[C@@H]1OC(C)[C@H](N[C@H]2C(OC)[C@H](OC)[C@@H](CO)C3(COC)OC23)[C@@H](OC)C1OC.COCC1O[C@H](CO)[C@H](OC)C(OC)[C@@H]1O[C@H]1OC(C)[C@@H](N[C@H]2C(SCCOCCSC3[C@@H](N[C@H]4C(C)O[C@@H](O[C@H]5C(COC)O[C@@H](OC)[C@@H](OC)C5OC)[C@@H](OC)C4OC)[C@@H](OC)C(OC)[C@@H](CO)C3(O)COC)C(O)(COC)[C@@H](OC)C(OC)[C@H]2OC)C(OC)[C@H]1OC.SCCOCCS. The molecule has 862 valence electrons. The van der Waals surface area contributed by atoms with Crippen LogP contribution in [0.2, 0.25) is 0 Å². The van der Waals surface area contributed by atoms with Crippen LogP contribution in [0.3, 0.4) is 0 Å². The van der Waals surface area contributed by atoms with Crippen molar-refractivity contribution in [3.63, 3.8) is 0 Å². The summed E-state index contributed by atoms with van der Waals surface area (Å²) in [4.78, 5) is 0. The molecule has 7 aliphatic heterocycles. The van der Waals surface area contributed by atoms with Gasteiger partial charge in [0.15, 0.2) is 31.5 Å². The van der Waals surface area contributed by atoms with Gasteiger partial charge in [0.05, 0.1) is 163 Å². The maximum Gasteiger partial charge on any atom is 0.187 e. The lowest BCUT2D eigenvalue weighted by molar-refractivity contribution is -0.355. The number of epoxide rings is 1. The standard InChI is InChI=1S/C62H116N2O29S2.C29H53NO14.C4H10OS2/c1-31-37(45(75-9)53(83-17)60(89-31)93-44-36(28-70-4)91-58(86-20)54(84-18)50(44)80-14)63-39-47(77-11)41(73-7)33(25-65)61(67,29-71-5)56(39)94-23-21-87-22-24-95-57-40(48(78-12)51(81-15)55(85-19)62(57,68)30-72-6)64-38-32(2)88-59(52(82-16)46(38)76-10)92-43-35(27-69-3)90-34(26-66)42(74-8)49(43)79-13;1-14-17(30-18-22(36-6)19(34-4)15(11-31)29(13-33-3)26(18)44-29)21(35-5)24(38-8)28(41-14)43-20-16(12-32-2)42-27(40-10)25(39-9)23(20)37-7;6-3-1-5-2-4-7/h31-60,63-68H,21-30H2,1-20H3;14-28,30-31H,11-13H2,1-10H3;6-7H,1-4H2/t31?,32?,33-,34-,35?,36?,37+,38-,39+,40-,41?,42+,43-,44+,45?,46?,47-,48+,49?,50?,51?,52-,53+,54+,55+,56?,57?,58-,59-,60+,61?,62?;14?,15-,16?,17+,18+,19-,20+,21-,22?,23-,24?,25?,26?,27-,28+,29?;/m11./s1. The number of ether oxygens (including phenoxy) is 39. The van der Waals surface area contributed by atoms with Crippen LogP contribution in [0.5, 0.6) is 0 Å². The first-order valence-electron chi connectivity index (χ1n) is 49.3. The largest absolute Gasteiger partial charge is 0.396 e. The molecule has 0 aromatic carbocycles. The minimum absolute atomic E-state index is 0.113. The van der Waals surface area contributed by atoms with Crippen molar-refractivity contribution >= 4 is 48.8 Å². The zero-order chi connectivity index (χ0) is 108. The first kappa shape index (κ1) is 131. The number of nitrogens with one attached hydrogen (secondary N) is 3. The topological polar surface area (TPSA) is 501 Å². The Morgan fingerprint density at radius 1 is 0.274 bits per heavy atom. The monoisotopic (exact) mass is 2190 g/mol. The molecule has 47 nitrogen and oxygen atoms in total. The first-order valence-corrected chi connectivity index (χ1v) is 52.7. The Labute approximate surface area is 882 Å². The van der Waals surface area contributed by atoms with Crippen LogP contribution in [0.25, 0.3) is 0 Å². The maximum absolute atomic E-state index is 13.1. The third kappa shape index (κ3) is 29.7. The highest BCUT2D eigenvalue weighted by atomic mass is 32.2. The summed E-state index contributed by atoms with van der Waals surface area (Å²) in [6.07, 6.45) is -24.3. The number of hydrogen-bond donors (Lipinski definition) is 10. The first-order chi connectivity index (χ1) is 70.6. The number of aliphatic hydroxyl groups excluding tert-OH is 3. The average Bonchev–Trinajstić information content (AvgIpc) is 1.52. The van der Waals surface area contributed by atoms with E-state index in [-0.39, 0.29) is 83.6 Å². The number of fused-ring (bicyclic) bond motifs is 1. The Morgan fingerprint density at radius 2 is 0.582 bits per heavy atom. The molecule has 0 aromatic heterocycles. The molecule has 21 unspecified atom stereocenters. The number of rotatable bonds is 60. The third-order valence-corrected chi connectivity index (χ3v) is 33.1. The van der Waals surface area contributed by atoms with E-state index in [9.17, 15) is 25.5 Å². The van der Waals surface area contributed by atoms with E-state index < -0.39 is 272 Å². The zero-order valence-corrected chi connectivity index (χ0v) is 94.3. The van der Waals surface area contributed by atoms with Gasteiger partial charge in [0, 0.05) is 227 Å². The summed E-state index contributed by atoms with van der Waals surface area (Å²) in [6, 6.07) is -3.38. The summed E-state index contributed by atoms with van der Waals surface area (Å²) in [6.45, 7) is 7.17. The van der Waals surface area contributed by atoms with E-state index in [0.29, 0.717) is 18.1 Å². The Bertz CT molecular complexity index is 3340. The molecule has 3 saturated carbocycles. The summed E-state index contributed by atoms with van der Waals surface area (Å²) in [7, 11) is 42.0. The Morgan fingerprint density at radius 3 is 0.911 bits per heavy atom. The van der Waals surface area contributed by atoms with Crippen LogP contribution in [0.1, 0.15) is 20.8 Å². The van der Waals surface area contributed by atoms with Gasteiger partial charge in [0.2, 0.25) is 0 Å². The van der Waals surface area contributed by atoms with Gasteiger partial charge in [-0.2, -0.15) is 48.8 Å². The van der Waals surface area contributed by atoms with Gasteiger partial charge >= 0.3 is 0 Å². The van der Waals surface area contributed by atoms with Crippen molar-refractivity contribution in [2.24, 2.45) is 11.8 Å². The van der Waals surface area contributed by atoms with Crippen molar-refractivity contribution in [2.45, 2.75) is 299 Å². The number of aliphatic hydroxyl groups is 5. The van der Waals surface area contributed by atoms with E-state index in [2.05, 4.69) is 41.2 Å². The molecule has 7 saturated heterocycles. The summed E-state index contributed by atoms with van der Waals surface area (Å²) in [5.41, 5.74) is -4.11. The van der Waals surface area contributed by atoms with Gasteiger partial charge in [-0.3, -0.25) is 0 Å². The molecule has 8 N–H and O–H groups in total. The molecule has 10 rings (SSSR count). The van der Waals surface area contributed by atoms with Crippen LogP contribution in [-0.2, 0) is 185 Å². The number of hydrogen-bond acceptors (Lipinski definition) is 51. The van der Waals surface area contributed by atoms with Crippen molar-refractivity contribution in [3.05, 3.63) is 0 Å². The third-order valence-electron chi connectivity index (χ3n) is 29.8. The molecule has 0 aromatic rings. The van der Waals surface area contributed by atoms with Gasteiger partial charge in [-0.25, -0.2) is 0 Å². The molecule has 10 fully saturated rings. The van der Waals surface area contributed by atoms with Crippen LogP contribution in [0.15, 0.2) is 0 Å². The quantitative estimate of drug-likeness (QED) is 0.0178. The number of methoxy groups -OCH3 is 27.